The number of amides is 3. The lowest BCUT2D eigenvalue weighted by Gasteiger charge is -2.31. The molecule has 0 radical (unpaired) electrons. The van der Waals surface area contributed by atoms with E-state index in [1.807, 2.05) is 13.8 Å². The summed E-state index contributed by atoms with van der Waals surface area (Å²) in [6.07, 6.45) is 9.13. The molecule has 20 heteroatoms. The van der Waals surface area contributed by atoms with Crippen molar-refractivity contribution >= 4 is 41.6 Å². The maximum absolute atomic E-state index is 13.6. The van der Waals surface area contributed by atoms with E-state index in [1.54, 1.807) is 50.2 Å². The predicted octanol–water partition coefficient (Wildman–Crippen LogP) is 6.98. The van der Waals surface area contributed by atoms with Gasteiger partial charge in [-0.05, 0) is 125 Å². The van der Waals surface area contributed by atoms with Crippen molar-refractivity contribution in [2.45, 2.75) is 129 Å². The summed E-state index contributed by atoms with van der Waals surface area (Å²) >= 11 is 0. The molecule has 0 saturated heterocycles. The smallest absolute Gasteiger partial charge is 0.270 e. The third-order valence-corrected chi connectivity index (χ3v) is 13.0. The Bertz CT molecular complexity index is 2550. The summed E-state index contributed by atoms with van der Waals surface area (Å²) in [5.41, 5.74) is 10.5. The molecule has 2 aromatic heterocycles. The van der Waals surface area contributed by atoms with E-state index in [-0.39, 0.29) is 96.3 Å². The quantitative estimate of drug-likeness (QED) is 0.100. The Balaban J connectivity index is 0.000000229. The van der Waals surface area contributed by atoms with E-state index >= 15 is 0 Å². The highest BCUT2D eigenvalue weighted by Gasteiger charge is 2.36. The number of ether oxygens (including phenoxy) is 2. The first kappa shape index (κ1) is 53.0. The van der Waals surface area contributed by atoms with E-state index in [4.69, 9.17) is 24.9 Å². The zero-order valence-corrected chi connectivity index (χ0v) is 41.2. The summed E-state index contributed by atoms with van der Waals surface area (Å²) in [7, 11) is 2.79. The van der Waals surface area contributed by atoms with Crippen molar-refractivity contribution in [2.24, 2.45) is 33.8 Å². The van der Waals surface area contributed by atoms with Crippen LogP contribution < -0.4 is 31.2 Å². The fourth-order valence-corrected chi connectivity index (χ4v) is 8.96. The van der Waals surface area contributed by atoms with Gasteiger partial charge in [-0.1, -0.05) is 36.3 Å². The van der Waals surface area contributed by atoms with Crippen molar-refractivity contribution in [2.75, 3.05) is 14.2 Å². The molecule has 2 aliphatic carbocycles. The zero-order chi connectivity index (χ0) is 49.2. The Morgan fingerprint density at radius 1 is 0.671 bits per heavy atom. The number of hydrogen-bond donors (Lipinski definition) is 4. The molecule has 2 saturated carbocycles. The first-order chi connectivity index (χ1) is 33.2. The highest BCUT2D eigenvalue weighted by molar-refractivity contribution is 6.02. The second kappa shape index (κ2) is 24.5. The first-order valence-corrected chi connectivity index (χ1v) is 23.6. The van der Waals surface area contributed by atoms with E-state index < -0.39 is 11.6 Å². The van der Waals surface area contributed by atoms with E-state index in [0.29, 0.717) is 64.6 Å². The van der Waals surface area contributed by atoms with E-state index in [0.717, 1.165) is 57.1 Å². The predicted molar refractivity (Wildman–Crippen MR) is 260 cm³/mol. The van der Waals surface area contributed by atoms with Crippen molar-refractivity contribution in [1.29, 1.82) is 0 Å². The molecule has 376 valence electrons. The lowest BCUT2D eigenvalue weighted by atomic mass is 9.81. The number of carbonyl (C=O) groups is 3. The average molecular weight is 990 g/mol. The van der Waals surface area contributed by atoms with Crippen molar-refractivity contribution < 1.29 is 42.3 Å². The molecule has 0 spiro atoms. The highest BCUT2D eigenvalue weighted by Crippen LogP contribution is 2.34. The number of benzene rings is 2. The topological polar surface area (TPSA) is 227 Å². The van der Waals surface area contributed by atoms with Crippen molar-refractivity contribution in [1.82, 2.24) is 35.9 Å². The number of oxime groups is 2. The molecule has 5 N–H and O–H groups in total. The van der Waals surface area contributed by atoms with Gasteiger partial charge in [0, 0.05) is 43.9 Å². The standard InChI is InChI=1S/C27H34FN5O4.C23H28FN5O3.ClH/c1-15(2)26(34)32-19-8-6-18(7-9-19)24-13-22(33-37-24)21-12-23(31-16(3)30-21)27(35)29-14-17-5-10-20(28)25(11-17)36-4;1-13-27-18(19-11-21(32-29-19)15-4-6-16(25)7-5-15)10-20(28-13)23(30)26-12-14-3-8-17(24)22(9-14)31-2;/h5,10-12,15,18-19,24H,6-9,13-14H2,1-4H3,(H,29,35)(H,32,34);3,8-10,15-16,21H,4-7,11-12,25H2,1-2H3,(H,26,30);1H. The van der Waals surface area contributed by atoms with Crippen LogP contribution in [0.1, 0.15) is 133 Å². The van der Waals surface area contributed by atoms with E-state index in [2.05, 4.69) is 46.2 Å². The molecule has 0 bridgehead atoms. The Labute approximate surface area is 413 Å². The van der Waals surface area contributed by atoms with E-state index in [1.165, 1.54) is 26.4 Å². The van der Waals surface area contributed by atoms with Crippen LogP contribution in [0.3, 0.4) is 0 Å². The minimum Gasteiger partial charge on any atom is -0.494 e. The maximum Gasteiger partial charge on any atom is 0.270 e. The van der Waals surface area contributed by atoms with Gasteiger partial charge in [-0.15, -0.1) is 12.4 Å². The van der Waals surface area contributed by atoms with Gasteiger partial charge in [0.25, 0.3) is 11.8 Å². The number of hydrogen-bond acceptors (Lipinski definition) is 14. The third kappa shape index (κ3) is 13.9. The van der Waals surface area contributed by atoms with Crippen LogP contribution >= 0.6 is 12.4 Å². The third-order valence-electron chi connectivity index (χ3n) is 13.0. The summed E-state index contributed by atoms with van der Waals surface area (Å²) in [5.74, 6) is 0.436. The Hall–Kier alpha value is -6.34. The number of aryl methyl sites for hydroxylation is 2. The minimum atomic E-state index is -0.461. The van der Waals surface area contributed by atoms with Crippen LogP contribution in [0.25, 0.3) is 0 Å². The molecule has 70 heavy (non-hydrogen) atoms. The Kier molecular flexibility index (Phi) is 18.5. The molecule has 2 fully saturated rings. The van der Waals surface area contributed by atoms with Crippen molar-refractivity contribution in [3.05, 3.63) is 106 Å². The molecule has 2 aromatic carbocycles. The highest BCUT2D eigenvalue weighted by atomic mass is 35.5. The van der Waals surface area contributed by atoms with Crippen LogP contribution in [0.4, 0.5) is 8.78 Å². The second-order valence-electron chi connectivity index (χ2n) is 18.4. The molecule has 2 unspecified atom stereocenters. The van der Waals surface area contributed by atoms with Crippen molar-refractivity contribution in [3.63, 3.8) is 0 Å². The van der Waals surface area contributed by atoms with Gasteiger partial charge in [-0.25, -0.2) is 28.7 Å². The van der Waals surface area contributed by atoms with Crippen LogP contribution in [0.15, 0.2) is 58.8 Å². The Morgan fingerprint density at radius 3 is 1.51 bits per heavy atom. The van der Waals surface area contributed by atoms with Gasteiger partial charge in [0.15, 0.2) is 23.1 Å². The van der Waals surface area contributed by atoms with Gasteiger partial charge in [-0.2, -0.15) is 0 Å². The number of nitrogens with two attached hydrogens (primary N) is 1. The molecule has 8 rings (SSSR count). The minimum absolute atomic E-state index is 0. The van der Waals surface area contributed by atoms with Gasteiger partial charge < -0.3 is 40.8 Å². The fraction of sp³-hybridized carbons (Fsp3) is 0.500. The van der Waals surface area contributed by atoms with Crippen LogP contribution in [-0.2, 0) is 27.6 Å². The number of rotatable bonds is 14. The number of aromatic nitrogens is 4. The molecular weight excluding hydrogens is 926 g/mol. The van der Waals surface area contributed by atoms with Gasteiger partial charge >= 0.3 is 0 Å². The molecular formula is C50H63ClF2N10O7. The Morgan fingerprint density at radius 2 is 1.10 bits per heavy atom. The summed E-state index contributed by atoms with van der Waals surface area (Å²) in [6, 6.07) is 12.6. The number of methoxy groups -OCH3 is 2. The SMILES string of the molecule is COc1cc(CNC(=O)c2cc(C3=NOC(C4CCC(N)CC4)C3)nc(C)n2)ccc1F.COc1cc(CNC(=O)c2cc(C3=NOC(C4CCC(NC(=O)C(C)C)CC4)C3)nc(C)n2)ccc1F.Cl. The molecule has 4 heterocycles. The summed E-state index contributed by atoms with van der Waals surface area (Å²) < 4.78 is 37.2. The maximum atomic E-state index is 13.6. The average Bonchev–Trinajstić information content (AvgIpc) is 4.06. The van der Waals surface area contributed by atoms with Gasteiger partial charge in [0.2, 0.25) is 5.91 Å². The van der Waals surface area contributed by atoms with Crippen LogP contribution in [0.5, 0.6) is 11.5 Å². The number of carbonyl (C=O) groups excluding carboxylic acids is 3. The lowest BCUT2D eigenvalue weighted by Crippen LogP contribution is -2.41. The normalized spacial score (nSPS) is 21.6. The van der Waals surface area contributed by atoms with Crippen molar-refractivity contribution in [3.8, 4) is 11.5 Å². The monoisotopic (exact) mass is 988 g/mol. The van der Waals surface area contributed by atoms with Crippen LogP contribution in [0.2, 0.25) is 0 Å². The molecule has 2 atom stereocenters. The number of nitrogens with one attached hydrogen (secondary N) is 3. The summed E-state index contributed by atoms with van der Waals surface area (Å²) in [5, 5.41) is 17.3. The lowest BCUT2D eigenvalue weighted by molar-refractivity contribution is -0.125. The molecule has 3 amide bonds. The molecule has 4 aliphatic rings. The zero-order valence-electron chi connectivity index (χ0n) is 40.4. The number of nitrogens with zero attached hydrogens (tertiary/aromatic N) is 6. The molecule has 4 aromatic rings. The first-order valence-electron chi connectivity index (χ1n) is 23.6. The fourth-order valence-electron chi connectivity index (χ4n) is 8.96. The largest absolute Gasteiger partial charge is 0.494 e. The van der Waals surface area contributed by atoms with E-state index in [9.17, 15) is 23.2 Å². The molecule has 17 nitrogen and oxygen atoms in total. The van der Waals surface area contributed by atoms with Gasteiger partial charge in [0.1, 0.15) is 46.7 Å². The van der Waals surface area contributed by atoms with Gasteiger partial charge in [0.05, 0.1) is 25.6 Å². The molecule has 2 aliphatic heterocycles. The van der Waals surface area contributed by atoms with Crippen LogP contribution in [-0.4, -0.2) is 87.6 Å². The van der Waals surface area contributed by atoms with Crippen LogP contribution in [0, 0.1) is 43.2 Å². The summed E-state index contributed by atoms with van der Waals surface area (Å²) in [6.45, 7) is 7.68. The number of halogens is 3. The summed E-state index contributed by atoms with van der Waals surface area (Å²) in [4.78, 5) is 66.5. The second-order valence-corrected chi connectivity index (χ2v) is 18.4. The van der Waals surface area contributed by atoms with Gasteiger partial charge in [-0.3, -0.25) is 14.4 Å².